The maximum atomic E-state index is 12.9. The summed E-state index contributed by atoms with van der Waals surface area (Å²) in [6, 6.07) is 2.33. The number of piperidine rings is 2. The number of anilines is 1. The van der Waals surface area contributed by atoms with Gasteiger partial charge in [-0.2, -0.15) is 0 Å². The predicted octanol–water partition coefficient (Wildman–Crippen LogP) is 2.12. The predicted molar refractivity (Wildman–Crippen MR) is 92.2 cm³/mol. The van der Waals surface area contributed by atoms with E-state index >= 15 is 0 Å². The summed E-state index contributed by atoms with van der Waals surface area (Å²) in [5.41, 5.74) is 2.25. The van der Waals surface area contributed by atoms with Crippen LogP contribution in [0, 0.1) is 11.8 Å². The molecule has 3 aromatic rings. The quantitative estimate of drug-likeness (QED) is 0.772. The molecule has 3 aliphatic rings. The molecular weight excluding hydrogens is 344 g/mol. The van der Waals surface area contributed by atoms with E-state index < -0.39 is 0 Å². The molecule has 1 saturated carbocycles. The van der Waals surface area contributed by atoms with Gasteiger partial charge < -0.3 is 10.2 Å². The van der Waals surface area contributed by atoms with Crippen LogP contribution in [0.1, 0.15) is 16.9 Å². The third kappa shape index (κ3) is 2.19. The van der Waals surface area contributed by atoms with Gasteiger partial charge in [0.15, 0.2) is 0 Å². The van der Waals surface area contributed by atoms with Crippen LogP contribution in [0.4, 0.5) is 5.13 Å². The minimum absolute atomic E-state index is 0.0184. The summed E-state index contributed by atoms with van der Waals surface area (Å²) in [7, 11) is 0. The van der Waals surface area contributed by atoms with Crippen LogP contribution in [-0.2, 0) is 0 Å². The van der Waals surface area contributed by atoms with Gasteiger partial charge in [0.2, 0.25) is 5.13 Å². The lowest BCUT2D eigenvalue weighted by Crippen LogP contribution is -2.62. The van der Waals surface area contributed by atoms with Gasteiger partial charge in [0.05, 0.1) is 0 Å². The Balaban J connectivity index is 1.33. The highest BCUT2D eigenvalue weighted by Crippen LogP contribution is 2.42. The summed E-state index contributed by atoms with van der Waals surface area (Å²) < 4.78 is 0. The van der Waals surface area contributed by atoms with Crippen molar-refractivity contribution in [3.63, 3.8) is 0 Å². The average molecular weight is 358 g/mol. The molecule has 2 aliphatic heterocycles. The maximum absolute atomic E-state index is 12.9. The second kappa shape index (κ2) is 5.45. The minimum Gasteiger partial charge on any atom is -0.357 e. The Labute approximate surface area is 145 Å². The van der Waals surface area contributed by atoms with E-state index in [1.807, 2.05) is 16.3 Å². The molecule has 3 aromatic heterocycles. The SMILES string of the molecule is O=C(c1ncnc2sccc12)N1CC2CC(C1)C2Nc1nncs1. The number of carbonyl (C=O) groups is 1. The highest BCUT2D eigenvalue weighted by molar-refractivity contribution is 7.16. The summed E-state index contributed by atoms with van der Waals surface area (Å²) >= 11 is 3.05. The number of carbonyl (C=O) groups excluding carboxylic acids is 1. The van der Waals surface area contributed by atoms with Crippen molar-refractivity contribution in [2.75, 3.05) is 18.4 Å². The first-order valence-corrected chi connectivity index (χ1v) is 9.55. The van der Waals surface area contributed by atoms with Gasteiger partial charge in [-0.3, -0.25) is 4.79 Å². The molecule has 2 atom stereocenters. The Hall–Kier alpha value is -2.13. The molecule has 1 amide bonds. The van der Waals surface area contributed by atoms with Crippen molar-refractivity contribution in [3.05, 3.63) is 29.0 Å². The van der Waals surface area contributed by atoms with Crippen molar-refractivity contribution in [2.45, 2.75) is 12.5 Å². The third-order valence-electron chi connectivity index (χ3n) is 4.93. The Bertz CT molecular complexity index is 882. The lowest BCUT2D eigenvalue weighted by atomic mass is 9.66. The highest BCUT2D eigenvalue weighted by atomic mass is 32.1. The van der Waals surface area contributed by atoms with Crippen LogP contribution in [0.15, 0.2) is 23.3 Å². The molecule has 9 heteroatoms. The van der Waals surface area contributed by atoms with Crippen molar-refractivity contribution in [3.8, 4) is 0 Å². The summed E-state index contributed by atoms with van der Waals surface area (Å²) in [6.45, 7) is 1.53. The molecule has 122 valence electrons. The van der Waals surface area contributed by atoms with Crippen LogP contribution in [0.3, 0.4) is 0 Å². The van der Waals surface area contributed by atoms with Crippen LogP contribution >= 0.6 is 22.7 Å². The van der Waals surface area contributed by atoms with E-state index in [2.05, 4.69) is 25.5 Å². The van der Waals surface area contributed by atoms with E-state index in [9.17, 15) is 4.79 Å². The van der Waals surface area contributed by atoms with Gasteiger partial charge in [-0.1, -0.05) is 11.3 Å². The molecule has 0 aromatic carbocycles. The molecule has 7 nitrogen and oxygen atoms in total. The zero-order chi connectivity index (χ0) is 16.1. The van der Waals surface area contributed by atoms with Gasteiger partial charge in [-0.15, -0.1) is 21.5 Å². The van der Waals surface area contributed by atoms with Crippen molar-refractivity contribution in [1.29, 1.82) is 0 Å². The molecule has 5 heterocycles. The van der Waals surface area contributed by atoms with Gasteiger partial charge in [0.25, 0.3) is 5.91 Å². The fraction of sp³-hybridized carbons (Fsp3) is 0.400. The van der Waals surface area contributed by atoms with Crippen LogP contribution in [0.5, 0.6) is 0 Å². The summed E-state index contributed by atoms with van der Waals surface area (Å²) in [6.07, 6.45) is 2.65. The minimum atomic E-state index is 0.0184. The van der Waals surface area contributed by atoms with E-state index in [4.69, 9.17) is 0 Å². The molecule has 2 saturated heterocycles. The molecular formula is C15H14N6OS2. The van der Waals surface area contributed by atoms with E-state index in [1.165, 1.54) is 29.0 Å². The molecule has 2 bridgehead atoms. The largest absolute Gasteiger partial charge is 0.357 e. The number of nitrogens with one attached hydrogen (secondary N) is 1. The lowest BCUT2D eigenvalue weighted by molar-refractivity contribution is 0.0125. The highest BCUT2D eigenvalue weighted by Gasteiger charge is 2.48. The van der Waals surface area contributed by atoms with Gasteiger partial charge in [-0.05, 0) is 29.7 Å². The number of rotatable bonds is 3. The molecule has 1 aliphatic carbocycles. The van der Waals surface area contributed by atoms with Gasteiger partial charge in [0.1, 0.15) is 22.4 Å². The van der Waals surface area contributed by atoms with Gasteiger partial charge in [-0.25, -0.2) is 9.97 Å². The van der Waals surface area contributed by atoms with E-state index in [0.29, 0.717) is 23.6 Å². The number of nitrogens with zero attached hydrogens (tertiary/aromatic N) is 5. The molecule has 3 fully saturated rings. The van der Waals surface area contributed by atoms with Crippen LogP contribution in [0.2, 0.25) is 0 Å². The van der Waals surface area contributed by atoms with Crippen molar-refractivity contribution in [1.82, 2.24) is 25.1 Å². The number of hydrogen-bond acceptors (Lipinski definition) is 8. The van der Waals surface area contributed by atoms with E-state index in [1.54, 1.807) is 5.51 Å². The lowest BCUT2D eigenvalue weighted by Gasteiger charge is -2.53. The standard InChI is InChI=1S/C15H14N6OS2/c22-14(12-10-1-2-23-13(10)17-6-16-12)21-4-8-3-9(5-21)11(8)19-15-20-18-7-24-15/h1-2,6-9,11H,3-5H2,(H,19,20). The maximum Gasteiger partial charge on any atom is 0.273 e. The number of hydrogen-bond donors (Lipinski definition) is 1. The number of thiophene rings is 1. The second-order valence-corrected chi connectivity index (χ2v) is 7.97. The Morgan fingerprint density at radius 3 is 2.92 bits per heavy atom. The van der Waals surface area contributed by atoms with Crippen LogP contribution in [-0.4, -0.2) is 50.1 Å². The first-order valence-electron chi connectivity index (χ1n) is 7.80. The first kappa shape index (κ1) is 14.2. The molecule has 24 heavy (non-hydrogen) atoms. The Morgan fingerprint density at radius 2 is 2.12 bits per heavy atom. The molecule has 0 radical (unpaired) electrons. The average Bonchev–Trinajstić information content (AvgIpc) is 3.30. The summed E-state index contributed by atoms with van der Waals surface area (Å²) in [5, 5.41) is 15.1. The van der Waals surface area contributed by atoms with E-state index in [0.717, 1.165) is 34.9 Å². The number of fused-ring (bicyclic) bond motifs is 3. The Kier molecular flexibility index (Phi) is 3.23. The zero-order valence-corrected chi connectivity index (χ0v) is 14.3. The topological polar surface area (TPSA) is 83.9 Å². The van der Waals surface area contributed by atoms with Crippen molar-refractivity contribution >= 4 is 43.9 Å². The monoisotopic (exact) mass is 358 g/mol. The molecule has 2 unspecified atom stereocenters. The summed E-state index contributed by atoms with van der Waals surface area (Å²) in [4.78, 5) is 24.2. The Morgan fingerprint density at radius 1 is 1.25 bits per heavy atom. The second-order valence-electron chi connectivity index (χ2n) is 6.24. The van der Waals surface area contributed by atoms with Gasteiger partial charge >= 0.3 is 0 Å². The van der Waals surface area contributed by atoms with Crippen LogP contribution < -0.4 is 5.32 Å². The number of aromatic nitrogens is 4. The summed E-state index contributed by atoms with van der Waals surface area (Å²) in [5.74, 6) is 0.956. The van der Waals surface area contributed by atoms with Gasteiger partial charge in [0, 0.05) is 24.5 Å². The smallest absolute Gasteiger partial charge is 0.273 e. The number of amides is 1. The fourth-order valence-electron chi connectivity index (χ4n) is 3.78. The third-order valence-corrected chi connectivity index (χ3v) is 6.38. The molecule has 6 rings (SSSR count). The fourth-order valence-corrected chi connectivity index (χ4v) is 5.00. The molecule has 0 spiro atoms. The van der Waals surface area contributed by atoms with Crippen molar-refractivity contribution in [2.24, 2.45) is 11.8 Å². The van der Waals surface area contributed by atoms with Crippen molar-refractivity contribution < 1.29 is 4.79 Å². The first-order chi connectivity index (χ1) is 11.8. The molecule has 1 N–H and O–H groups in total. The van der Waals surface area contributed by atoms with Crippen LogP contribution in [0.25, 0.3) is 10.2 Å². The normalized spacial score (nSPS) is 25.5. The van der Waals surface area contributed by atoms with E-state index in [-0.39, 0.29) is 5.91 Å². The zero-order valence-electron chi connectivity index (χ0n) is 12.6.